The van der Waals surface area contributed by atoms with Gasteiger partial charge in [-0.25, -0.2) is 0 Å². The van der Waals surface area contributed by atoms with Crippen LogP contribution >= 0.6 is 23.8 Å². The average Bonchev–Trinajstić information content (AvgIpc) is 2.47. The first-order valence-corrected chi connectivity index (χ1v) is 6.96. The van der Waals surface area contributed by atoms with Crippen molar-refractivity contribution in [2.45, 2.75) is 0 Å². The van der Waals surface area contributed by atoms with E-state index in [0.29, 0.717) is 15.9 Å². The van der Waals surface area contributed by atoms with Gasteiger partial charge in [0.15, 0.2) is 5.11 Å². The van der Waals surface area contributed by atoms with Crippen LogP contribution in [0.25, 0.3) is 0 Å². The summed E-state index contributed by atoms with van der Waals surface area (Å²) < 4.78 is 10.3. The van der Waals surface area contributed by atoms with E-state index >= 15 is 0 Å². The first kappa shape index (κ1) is 15.4. The molecule has 0 bridgehead atoms. The second-order valence-electron chi connectivity index (χ2n) is 4.16. The quantitative estimate of drug-likeness (QED) is 0.827. The molecule has 0 amide bonds. The molecule has 0 unspecified atom stereocenters. The number of rotatable bonds is 4. The van der Waals surface area contributed by atoms with Gasteiger partial charge in [-0.05, 0) is 42.5 Å². The summed E-state index contributed by atoms with van der Waals surface area (Å²) in [6.45, 7) is 0. The molecule has 2 aromatic carbocycles. The number of hydrogen-bond donors (Lipinski definition) is 2. The molecular weight excluding hydrogens is 308 g/mol. The monoisotopic (exact) mass is 322 g/mol. The Morgan fingerprint density at radius 1 is 1.00 bits per heavy atom. The van der Waals surface area contributed by atoms with Gasteiger partial charge in [0.25, 0.3) is 0 Å². The molecule has 110 valence electrons. The number of hydrogen-bond acceptors (Lipinski definition) is 3. The molecule has 0 heterocycles. The molecule has 0 aromatic heterocycles. The van der Waals surface area contributed by atoms with Gasteiger partial charge in [0.2, 0.25) is 0 Å². The van der Waals surface area contributed by atoms with Crippen molar-refractivity contribution < 1.29 is 9.47 Å². The minimum Gasteiger partial charge on any atom is -0.497 e. The van der Waals surface area contributed by atoms with E-state index in [1.807, 2.05) is 30.3 Å². The van der Waals surface area contributed by atoms with Crippen LogP contribution in [0.5, 0.6) is 11.5 Å². The molecule has 0 saturated heterocycles. The third-order valence-electron chi connectivity index (χ3n) is 2.74. The summed E-state index contributed by atoms with van der Waals surface area (Å²) in [5.74, 6) is 1.38. The van der Waals surface area contributed by atoms with Crippen LogP contribution in [-0.4, -0.2) is 19.3 Å². The fourth-order valence-electron chi connectivity index (χ4n) is 1.74. The largest absolute Gasteiger partial charge is 0.497 e. The lowest BCUT2D eigenvalue weighted by Crippen LogP contribution is -2.19. The highest BCUT2D eigenvalue weighted by Gasteiger charge is 2.04. The molecule has 21 heavy (non-hydrogen) atoms. The standard InChI is InChI=1S/C15H15ClN2O2S/c1-19-12-5-3-4-10(8-12)17-15(21)18-11-6-7-14(20-2)13(16)9-11/h3-9H,1-2H3,(H2,17,18,21). The maximum absolute atomic E-state index is 6.07. The van der Waals surface area contributed by atoms with Gasteiger partial charge in [0.05, 0.1) is 19.2 Å². The van der Waals surface area contributed by atoms with Crippen molar-refractivity contribution in [2.75, 3.05) is 24.9 Å². The molecule has 0 spiro atoms. The van der Waals surface area contributed by atoms with E-state index in [4.69, 9.17) is 33.3 Å². The third-order valence-corrected chi connectivity index (χ3v) is 3.24. The van der Waals surface area contributed by atoms with Crippen LogP contribution < -0.4 is 20.1 Å². The van der Waals surface area contributed by atoms with Gasteiger partial charge in [0.1, 0.15) is 11.5 Å². The zero-order valence-electron chi connectivity index (χ0n) is 11.6. The Kier molecular flexibility index (Phi) is 5.25. The Labute approximate surface area is 134 Å². The molecule has 0 aliphatic carbocycles. The highest BCUT2D eigenvalue weighted by atomic mass is 35.5. The van der Waals surface area contributed by atoms with Crippen molar-refractivity contribution in [3.8, 4) is 11.5 Å². The minimum atomic E-state index is 0.462. The minimum absolute atomic E-state index is 0.462. The maximum atomic E-state index is 6.07. The summed E-state index contributed by atoms with van der Waals surface area (Å²) in [5.41, 5.74) is 1.62. The summed E-state index contributed by atoms with van der Waals surface area (Å²) in [5, 5.41) is 7.12. The van der Waals surface area contributed by atoms with E-state index < -0.39 is 0 Å². The van der Waals surface area contributed by atoms with Crippen molar-refractivity contribution in [1.82, 2.24) is 0 Å². The maximum Gasteiger partial charge on any atom is 0.175 e. The molecule has 0 fully saturated rings. The van der Waals surface area contributed by atoms with Crippen LogP contribution in [0, 0.1) is 0 Å². The Hall–Kier alpha value is -1.98. The van der Waals surface area contributed by atoms with Gasteiger partial charge in [-0.3, -0.25) is 0 Å². The lowest BCUT2D eigenvalue weighted by molar-refractivity contribution is 0.415. The van der Waals surface area contributed by atoms with E-state index in [-0.39, 0.29) is 0 Å². The lowest BCUT2D eigenvalue weighted by atomic mass is 10.3. The number of nitrogens with one attached hydrogen (secondary N) is 2. The van der Waals surface area contributed by atoms with Crippen LogP contribution in [-0.2, 0) is 0 Å². The summed E-state index contributed by atoms with van der Waals surface area (Å²) >= 11 is 11.3. The Morgan fingerprint density at radius 2 is 1.71 bits per heavy atom. The van der Waals surface area contributed by atoms with Gasteiger partial charge in [-0.1, -0.05) is 17.7 Å². The van der Waals surface area contributed by atoms with Crippen LogP contribution in [0.2, 0.25) is 5.02 Å². The van der Waals surface area contributed by atoms with Gasteiger partial charge in [-0.15, -0.1) is 0 Å². The molecule has 2 aromatic rings. The summed E-state index contributed by atoms with van der Waals surface area (Å²) in [6, 6.07) is 12.9. The predicted molar refractivity (Wildman–Crippen MR) is 90.8 cm³/mol. The summed E-state index contributed by atoms with van der Waals surface area (Å²) in [6.07, 6.45) is 0. The van der Waals surface area contributed by atoms with Crippen LogP contribution in [0.15, 0.2) is 42.5 Å². The van der Waals surface area contributed by atoms with Crippen molar-refractivity contribution >= 4 is 40.3 Å². The van der Waals surface area contributed by atoms with Crippen LogP contribution in [0.4, 0.5) is 11.4 Å². The van der Waals surface area contributed by atoms with Crippen LogP contribution in [0.1, 0.15) is 0 Å². The second kappa shape index (κ2) is 7.15. The van der Waals surface area contributed by atoms with Gasteiger partial charge in [-0.2, -0.15) is 0 Å². The first-order valence-electron chi connectivity index (χ1n) is 6.18. The Morgan fingerprint density at radius 3 is 2.33 bits per heavy atom. The Bertz CT molecular complexity index is 649. The fraction of sp³-hybridized carbons (Fsp3) is 0.133. The summed E-state index contributed by atoms with van der Waals surface area (Å²) in [7, 11) is 3.19. The van der Waals surface area contributed by atoms with Gasteiger partial charge >= 0.3 is 0 Å². The molecule has 0 atom stereocenters. The molecule has 2 rings (SSSR count). The van der Waals surface area contributed by atoms with E-state index in [1.165, 1.54) is 0 Å². The van der Waals surface area contributed by atoms with E-state index in [1.54, 1.807) is 26.4 Å². The molecular formula is C15H15ClN2O2S. The van der Waals surface area contributed by atoms with Crippen LogP contribution in [0.3, 0.4) is 0 Å². The average molecular weight is 323 g/mol. The molecule has 0 aliphatic heterocycles. The molecule has 6 heteroatoms. The van der Waals surface area contributed by atoms with Crippen molar-refractivity contribution in [2.24, 2.45) is 0 Å². The molecule has 0 saturated carbocycles. The SMILES string of the molecule is COc1cccc(NC(=S)Nc2ccc(OC)c(Cl)c2)c1. The lowest BCUT2D eigenvalue weighted by Gasteiger charge is -2.12. The molecule has 0 radical (unpaired) electrons. The van der Waals surface area contributed by atoms with Gasteiger partial charge in [0, 0.05) is 17.4 Å². The van der Waals surface area contributed by atoms with Crippen molar-refractivity contribution in [3.05, 3.63) is 47.5 Å². The number of thiocarbonyl (C=S) groups is 1. The molecule has 2 N–H and O–H groups in total. The number of methoxy groups -OCH3 is 2. The fourth-order valence-corrected chi connectivity index (χ4v) is 2.23. The summed E-state index contributed by atoms with van der Waals surface area (Å²) in [4.78, 5) is 0. The molecule has 0 aliphatic rings. The third kappa shape index (κ3) is 4.24. The zero-order chi connectivity index (χ0) is 15.2. The second-order valence-corrected chi connectivity index (χ2v) is 4.98. The number of halogens is 1. The topological polar surface area (TPSA) is 42.5 Å². The highest BCUT2D eigenvalue weighted by molar-refractivity contribution is 7.80. The first-order chi connectivity index (χ1) is 10.1. The Balaban J connectivity index is 2.02. The number of anilines is 2. The number of ether oxygens (including phenoxy) is 2. The predicted octanol–water partition coefficient (Wildman–Crippen LogP) is 4.17. The molecule has 4 nitrogen and oxygen atoms in total. The van der Waals surface area contributed by atoms with E-state index in [9.17, 15) is 0 Å². The van der Waals surface area contributed by atoms with E-state index in [0.717, 1.165) is 17.1 Å². The van der Waals surface area contributed by atoms with Gasteiger partial charge < -0.3 is 20.1 Å². The van der Waals surface area contributed by atoms with Crippen molar-refractivity contribution in [1.29, 1.82) is 0 Å². The smallest absolute Gasteiger partial charge is 0.175 e. The van der Waals surface area contributed by atoms with E-state index in [2.05, 4.69) is 10.6 Å². The highest BCUT2D eigenvalue weighted by Crippen LogP contribution is 2.27. The number of benzene rings is 2. The van der Waals surface area contributed by atoms with Crippen molar-refractivity contribution in [3.63, 3.8) is 0 Å². The normalized spacial score (nSPS) is 9.86. The zero-order valence-corrected chi connectivity index (χ0v) is 13.2.